The van der Waals surface area contributed by atoms with Crippen molar-refractivity contribution in [2.75, 3.05) is 0 Å². The van der Waals surface area contributed by atoms with Crippen molar-refractivity contribution in [2.45, 2.75) is 20.0 Å². The van der Waals surface area contributed by atoms with E-state index in [2.05, 4.69) is 147 Å². The Morgan fingerprint density at radius 1 is 0.425 bits per heavy atom. The summed E-state index contributed by atoms with van der Waals surface area (Å²) < 4.78 is 0. The van der Waals surface area contributed by atoms with E-state index >= 15 is 0 Å². The second-order valence-corrected chi connectivity index (χ2v) is 16.1. The van der Waals surface area contributed by atoms with Crippen LogP contribution in [0, 0.1) is 6.92 Å². The first kappa shape index (κ1) is 23.4. The molecule has 40 heavy (non-hydrogen) atoms. The standard InChI is InChI=1S/C39H30Si/c1-25-19-21-33-35(23-25)38(27-20-22-37-34(24-27)29-14-8-9-18-36(29)40(37,2)3)31-15-6-7-16-32(31)39(33)30-17-10-12-26-11-4-5-13-28(26)30/h4-24H,1-3H3. The lowest BCUT2D eigenvalue weighted by molar-refractivity contribution is 1.51. The van der Waals surface area contributed by atoms with Gasteiger partial charge in [-0.15, -0.1) is 0 Å². The number of benzene rings is 7. The van der Waals surface area contributed by atoms with Gasteiger partial charge in [0.05, 0.1) is 0 Å². The fraction of sp³-hybridized carbons (Fsp3) is 0.0769. The Morgan fingerprint density at radius 3 is 1.90 bits per heavy atom. The van der Waals surface area contributed by atoms with E-state index in [-0.39, 0.29) is 0 Å². The average Bonchev–Trinajstić information content (AvgIpc) is 3.21. The van der Waals surface area contributed by atoms with Crippen LogP contribution >= 0.6 is 0 Å². The van der Waals surface area contributed by atoms with Gasteiger partial charge in [-0.2, -0.15) is 0 Å². The SMILES string of the molecule is Cc1ccc2c(-c3cccc4ccccc34)c3ccccc3c(-c3ccc4c(c3)-c3ccccc3[Si]4(C)C)c2c1. The van der Waals surface area contributed by atoms with Crippen LogP contribution in [0.5, 0.6) is 0 Å². The maximum Gasteiger partial charge on any atom is 0.113 e. The maximum atomic E-state index is 2.49. The number of rotatable bonds is 2. The third kappa shape index (κ3) is 3.25. The number of hydrogen-bond acceptors (Lipinski definition) is 0. The normalized spacial score (nSPS) is 13.6. The molecule has 0 spiro atoms. The van der Waals surface area contributed by atoms with E-state index in [0.29, 0.717) is 0 Å². The molecule has 7 aromatic rings. The van der Waals surface area contributed by atoms with Crippen molar-refractivity contribution < 1.29 is 0 Å². The van der Waals surface area contributed by atoms with Gasteiger partial charge in [0.15, 0.2) is 0 Å². The Morgan fingerprint density at radius 2 is 1.05 bits per heavy atom. The summed E-state index contributed by atoms with van der Waals surface area (Å²) in [7, 11) is -1.70. The molecule has 0 bridgehead atoms. The van der Waals surface area contributed by atoms with E-state index in [1.54, 1.807) is 10.4 Å². The third-order valence-electron chi connectivity index (χ3n) is 9.11. The van der Waals surface area contributed by atoms with Gasteiger partial charge in [0, 0.05) is 0 Å². The minimum atomic E-state index is -1.70. The van der Waals surface area contributed by atoms with Crippen LogP contribution < -0.4 is 10.4 Å². The van der Waals surface area contributed by atoms with Crippen LogP contribution in [0.4, 0.5) is 0 Å². The minimum absolute atomic E-state index is 1.28. The van der Waals surface area contributed by atoms with Crippen LogP contribution in [0.25, 0.3) is 65.7 Å². The molecule has 0 nitrogen and oxygen atoms in total. The first-order valence-corrected chi connectivity index (χ1v) is 17.2. The molecule has 190 valence electrons. The Labute approximate surface area is 236 Å². The van der Waals surface area contributed by atoms with Gasteiger partial charge in [0.25, 0.3) is 0 Å². The van der Waals surface area contributed by atoms with Crippen molar-refractivity contribution in [2.24, 2.45) is 0 Å². The molecule has 0 fully saturated rings. The zero-order chi connectivity index (χ0) is 27.0. The minimum Gasteiger partial charge on any atom is -0.0623 e. The van der Waals surface area contributed by atoms with E-state index in [1.807, 2.05) is 0 Å². The molecule has 1 aliphatic rings. The molecule has 0 radical (unpaired) electrons. The molecule has 0 saturated heterocycles. The van der Waals surface area contributed by atoms with Crippen LogP contribution in [0.3, 0.4) is 0 Å². The summed E-state index contributed by atoms with van der Waals surface area (Å²) in [6, 6.07) is 47.9. The Bertz CT molecular complexity index is 2140. The molecule has 1 heterocycles. The van der Waals surface area contributed by atoms with Gasteiger partial charge in [-0.25, -0.2) is 0 Å². The largest absolute Gasteiger partial charge is 0.113 e. The van der Waals surface area contributed by atoms with Crippen molar-refractivity contribution in [3.63, 3.8) is 0 Å². The van der Waals surface area contributed by atoms with E-state index in [1.165, 1.54) is 71.3 Å². The van der Waals surface area contributed by atoms with Crippen molar-refractivity contribution in [3.05, 3.63) is 133 Å². The smallest absolute Gasteiger partial charge is 0.0623 e. The van der Waals surface area contributed by atoms with Gasteiger partial charge < -0.3 is 0 Å². The van der Waals surface area contributed by atoms with E-state index in [0.717, 1.165) is 0 Å². The van der Waals surface area contributed by atoms with Gasteiger partial charge in [0.1, 0.15) is 8.07 Å². The second-order valence-electron chi connectivity index (χ2n) is 11.8. The summed E-state index contributed by atoms with van der Waals surface area (Å²) in [6.45, 7) is 7.19. The molecular weight excluding hydrogens is 497 g/mol. The third-order valence-corrected chi connectivity index (χ3v) is 12.7. The monoisotopic (exact) mass is 526 g/mol. The number of fused-ring (bicyclic) bond motifs is 6. The molecule has 8 rings (SSSR count). The zero-order valence-corrected chi connectivity index (χ0v) is 24.1. The molecule has 0 saturated carbocycles. The molecule has 0 N–H and O–H groups in total. The molecule has 0 atom stereocenters. The van der Waals surface area contributed by atoms with Crippen LogP contribution in [0.1, 0.15) is 5.56 Å². The second kappa shape index (κ2) is 8.52. The molecule has 0 aliphatic carbocycles. The van der Waals surface area contributed by atoms with Crippen molar-refractivity contribution in [3.8, 4) is 33.4 Å². The highest BCUT2D eigenvalue weighted by Gasteiger charge is 2.37. The highest BCUT2D eigenvalue weighted by molar-refractivity contribution is 7.03. The topological polar surface area (TPSA) is 0 Å². The van der Waals surface area contributed by atoms with Gasteiger partial charge in [-0.3, -0.25) is 0 Å². The first-order chi connectivity index (χ1) is 19.5. The van der Waals surface area contributed by atoms with Gasteiger partial charge in [-0.1, -0.05) is 140 Å². The zero-order valence-electron chi connectivity index (χ0n) is 23.1. The van der Waals surface area contributed by atoms with Crippen LogP contribution in [-0.4, -0.2) is 8.07 Å². The summed E-state index contributed by atoms with van der Waals surface area (Å²) in [5, 5.41) is 10.9. The quantitative estimate of drug-likeness (QED) is 0.155. The van der Waals surface area contributed by atoms with Crippen LogP contribution in [0.2, 0.25) is 13.1 Å². The molecule has 0 amide bonds. The fourth-order valence-electron chi connectivity index (χ4n) is 7.21. The van der Waals surface area contributed by atoms with Gasteiger partial charge in [0.2, 0.25) is 0 Å². The van der Waals surface area contributed by atoms with Crippen molar-refractivity contribution in [1.82, 2.24) is 0 Å². The van der Waals surface area contributed by atoms with E-state index in [4.69, 9.17) is 0 Å². The molecule has 0 unspecified atom stereocenters. The lowest BCUT2D eigenvalue weighted by atomic mass is 9.84. The first-order valence-electron chi connectivity index (χ1n) is 14.2. The average molecular weight is 527 g/mol. The fourth-order valence-corrected chi connectivity index (χ4v) is 10.3. The number of aryl methyl sites for hydroxylation is 1. The molecular formula is C39H30Si. The number of hydrogen-bond donors (Lipinski definition) is 0. The molecule has 0 aromatic heterocycles. The van der Waals surface area contributed by atoms with E-state index in [9.17, 15) is 0 Å². The molecule has 1 aliphatic heterocycles. The summed E-state index contributed by atoms with van der Waals surface area (Å²) in [5.41, 5.74) is 9.40. The highest BCUT2D eigenvalue weighted by Crippen LogP contribution is 2.46. The predicted molar refractivity (Wildman–Crippen MR) is 177 cm³/mol. The Kier molecular flexibility index (Phi) is 4.99. The Hall–Kier alpha value is -4.46. The molecule has 7 aromatic carbocycles. The van der Waals surface area contributed by atoms with Gasteiger partial charge >= 0.3 is 0 Å². The predicted octanol–water partition coefficient (Wildman–Crippen LogP) is 9.59. The lowest BCUT2D eigenvalue weighted by Crippen LogP contribution is -2.49. The summed E-state index contributed by atoms with van der Waals surface area (Å²) in [4.78, 5) is 0. The van der Waals surface area contributed by atoms with Gasteiger partial charge in [-0.05, 0) is 89.1 Å². The van der Waals surface area contributed by atoms with Crippen LogP contribution in [0.15, 0.2) is 127 Å². The maximum absolute atomic E-state index is 2.49. The molecule has 1 heteroatoms. The highest BCUT2D eigenvalue weighted by atomic mass is 28.3. The van der Waals surface area contributed by atoms with Crippen LogP contribution in [-0.2, 0) is 0 Å². The summed E-state index contributed by atoms with van der Waals surface area (Å²) in [6.07, 6.45) is 0. The summed E-state index contributed by atoms with van der Waals surface area (Å²) >= 11 is 0. The Balaban J connectivity index is 1.50. The lowest BCUT2D eigenvalue weighted by Gasteiger charge is -2.21. The van der Waals surface area contributed by atoms with E-state index < -0.39 is 8.07 Å². The van der Waals surface area contributed by atoms with Crippen molar-refractivity contribution in [1.29, 1.82) is 0 Å². The summed E-state index contributed by atoms with van der Waals surface area (Å²) in [5.74, 6) is 0. The van der Waals surface area contributed by atoms with Crippen molar-refractivity contribution >= 4 is 50.8 Å².